The second kappa shape index (κ2) is 15.7. The number of halogens is 1. The Kier molecular flexibility index (Phi) is 15.2. The number of hydrogen-bond donors (Lipinski definition) is 2. The summed E-state index contributed by atoms with van der Waals surface area (Å²) in [5.41, 5.74) is 0. The summed E-state index contributed by atoms with van der Waals surface area (Å²) in [4.78, 5) is 32.5. The lowest BCUT2D eigenvalue weighted by Crippen LogP contribution is -2.50. The molecule has 1 aliphatic rings. The molecule has 7 nitrogen and oxygen atoms in total. The molecule has 0 aromatic heterocycles. The van der Waals surface area contributed by atoms with Gasteiger partial charge < -0.3 is 20.4 Å². The van der Waals surface area contributed by atoms with Crippen LogP contribution in [0.1, 0.15) is 66.2 Å². The summed E-state index contributed by atoms with van der Waals surface area (Å²) in [6, 6.07) is 0.407. The number of nitrogens with one attached hydrogen (secondary N) is 2. The van der Waals surface area contributed by atoms with Crippen molar-refractivity contribution in [3.63, 3.8) is 0 Å². The standard InChI is InChI=1S/C21H41N5O2.HI/c1-6-18(4)24-21(22-5)23-11-9-7-8-10-19(27)25-12-14-26(15-13-25)20(28)16-17(2)3;/h17-18H,6-16H2,1-5H3,(H2,22,23,24);1H. The van der Waals surface area contributed by atoms with Crippen molar-refractivity contribution in [2.75, 3.05) is 39.8 Å². The molecule has 0 spiro atoms. The van der Waals surface area contributed by atoms with Gasteiger partial charge >= 0.3 is 0 Å². The third-order valence-corrected chi connectivity index (χ3v) is 5.15. The van der Waals surface area contributed by atoms with E-state index >= 15 is 0 Å². The van der Waals surface area contributed by atoms with E-state index in [0.29, 0.717) is 51.0 Å². The van der Waals surface area contributed by atoms with Crippen LogP contribution < -0.4 is 10.6 Å². The molecule has 8 heteroatoms. The molecular weight excluding hydrogens is 481 g/mol. The van der Waals surface area contributed by atoms with Gasteiger partial charge in [-0.3, -0.25) is 14.6 Å². The summed E-state index contributed by atoms with van der Waals surface area (Å²) in [5.74, 6) is 1.66. The normalized spacial score (nSPS) is 15.7. The van der Waals surface area contributed by atoms with E-state index in [0.717, 1.165) is 38.2 Å². The minimum atomic E-state index is 0. The summed E-state index contributed by atoms with van der Waals surface area (Å²) in [7, 11) is 1.78. The number of rotatable bonds is 10. The van der Waals surface area contributed by atoms with E-state index in [2.05, 4.69) is 43.3 Å². The molecule has 170 valence electrons. The van der Waals surface area contributed by atoms with Crippen molar-refractivity contribution in [1.29, 1.82) is 0 Å². The highest BCUT2D eigenvalue weighted by Gasteiger charge is 2.23. The highest BCUT2D eigenvalue weighted by atomic mass is 127. The molecule has 1 unspecified atom stereocenters. The molecule has 0 aromatic carbocycles. The fourth-order valence-corrected chi connectivity index (χ4v) is 3.16. The van der Waals surface area contributed by atoms with Crippen LogP contribution in [0.3, 0.4) is 0 Å². The molecule has 1 atom stereocenters. The van der Waals surface area contributed by atoms with Gasteiger partial charge in [0.25, 0.3) is 0 Å². The molecule has 2 amide bonds. The maximum atomic E-state index is 12.4. The number of aliphatic imine (C=N–C) groups is 1. The number of unbranched alkanes of at least 4 members (excludes halogenated alkanes) is 2. The molecule has 0 saturated carbocycles. The van der Waals surface area contributed by atoms with E-state index < -0.39 is 0 Å². The lowest BCUT2D eigenvalue weighted by atomic mass is 10.1. The lowest BCUT2D eigenvalue weighted by Gasteiger charge is -2.35. The molecule has 1 heterocycles. The van der Waals surface area contributed by atoms with Crippen LogP contribution in [0.25, 0.3) is 0 Å². The summed E-state index contributed by atoms with van der Waals surface area (Å²) in [6.45, 7) is 11.9. The van der Waals surface area contributed by atoms with Crippen molar-refractivity contribution in [2.45, 2.75) is 72.3 Å². The number of carbonyl (C=O) groups is 2. The first-order chi connectivity index (χ1) is 13.4. The highest BCUT2D eigenvalue weighted by Crippen LogP contribution is 2.10. The Hall–Kier alpha value is -1.06. The van der Waals surface area contributed by atoms with Crippen LogP contribution in [0.5, 0.6) is 0 Å². The summed E-state index contributed by atoms with van der Waals surface area (Å²) in [5, 5.41) is 6.66. The SMILES string of the molecule is CCC(C)NC(=NC)NCCCCCC(=O)N1CCN(C(=O)CC(C)C)CC1.I. The fraction of sp³-hybridized carbons (Fsp3) is 0.857. The number of amides is 2. The van der Waals surface area contributed by atoms with E-state index in [1.807, 2.05) is 9.80 Å². The van der Waals surface area contributed by atoms with E-state index in [-0.39, 0.29) is 35.8 Å². The first-order valence-electron chi connectivity index (χ1n) is 10.9. The number of piperazine rings is 1. The number of carbonyl (C=O) groups excluding carboxylic acids is 2. The van der Waals surface area contributed by atoms with Crippen molar-refractivity contribution in [2.24, 2.45) is 10.9 Å². The van der Waals surface area contributed by atoms with Gasteiger partial charge in [0.05, 0.1) is 0 Å². The Morgan fingerprint density at radius 2 is 1.55 bits per heavy atom. The van der Waals surface area contributed by atoms with Crippen molar-refractivity contribution >= 4 is 41.8 Å². The predicted molar refractivity (Wildman–Crippen MR) is 131 cm³/mol. The summed E-state index contributed by atoms with van der Waals surface area (Å²) in [6.07, 6.45) is 5.20. The van der Waals surface area contributed by atoms with E-state index in [1.165, 1.54) is 0 Å². The van der Waals surface area contributed by atoms with Gasteiger partial charge in [0.2, 0.25) is 11.8 Å². The van der Waals surface area contributed by atoms with Crippen molar-refractivity contribution < 1.29 is 9.59 Å². The van der Waals surface area contributed by atoms with Crippen LogP contribution >= 0.6 is 24.0 Å². The molecule has 1 saturated heterocycles. The molecule has 2 N–H and O–H groups in total. The van der Waals surface area contributed by atoms with Gasteiger partial charge in [-0.25, -0.2) is 0 Å². The van der Waals surface area contributed by atoms with Gasteiger partial charge in [0.1, 0.15) is 0 Å². The minimum absolute atomic E-state index is 0. The first-order valence-corrected chi connectivity index (χ1v) is 10.9. The zero-order valence-corrected chi connectivity index (χ0v) is 21.3. The maximum absolute atomic E-state index is 12.4. The van der Waals surface area contributed by atoms with Gasteiger partial charge in [0.15, 0.2) is 5.96 Å². The third-order valence-electron chi connectivity index (χ3n) is 5.15. The Balaban J connectivity index is 0.00000784. The average molecular weight is 524 g/mol. The van der Waals surface area contributed by atoms with E-state index in [9.17, 15) is 9.59 Å². The summed E-state index contributed by atoms with van der Waals surface area (Å²) >= 11 is 0. The highest BCUT2D eigenvalue weighted by molar-refractivity contribution is 14.0. The zero-order chi connectivity index (χ0) is 20.9. The molecule has 0 radical (unpaired) electrons. The quantitative estimate of drug-likeness (QED) is 0.200. The van der Waals surface area contributed by atoms with E-state index in [1.54, 1.807) is 7.05 Å². The van der Waals surface area contributed by atoms with Crippen molar-refractivity contribution in [3.8, 4) is 0 Å². The van der Waals surface area contributed by atoms with Gasteiger partial charge in [-0.1, -0.05) is 27.2 Å². The van der Waals surface area contributed by atoms with Crippen LogP contribution in [-0.4, -0.2) is 73.4 Å². The number of guanidine groups is 1. The number of nitrogens with zero attached hydrogens (tertiary/aromatic N) is 3. The monoisotopic (exact) mass is 523 g/mol. The minimum Gasteiger partial charge on any atom is -0.356 e. The van der Waals surface area contributed by atoms with Crippen LogP contribution in [0, 0.1) is 5.92 Å². The van der Waals surface area contributed by atoms with Crippen LogP contribution in [-0.2, 0) is 9.59 Å². The van der Waals surface area contributed by atoms with Gasteiger partial charge in [-0.2, -0.15) is 0 Å². The van der Waals surface area contributed by atoms with Crippen LogP contribution in [0.2, 0.25) is 0 Å². The van der Waals surface area contributed by atoms with Gasteiger partial charge in [-0.15, -0.1) is 24.0 Å². The first kappa shape index (κ1) is 27.9. The molecular formula is C21H42IN5O2. The Morgan fingerprint density at radius 1 is 0.966 bits per heavy atom. The molecule has 1 fully saturated rings. The molecule has 0 bridgehead atoms. The molecule has 29 heavy (non-hydrogen) atoms. The van der Waals surface area contributed by atoms with Crippen LogP contribution in [0.4, 0.5) is 0 Å². The van der Waals surface area contributed by atoms with Crippen LogP contribution in [0.15, 0.2) is 4.99 Å². The second-order valence-electron chi connectivity index (χ2n) is 8.12. The van der Waals surface area contributed by atoms with Crippen molar-refractivity contribution in [1.82, 2.24) is 20.4 Å². The maximum Gasteiger partial charge on any atom is 0.222 e. The second-order valence-corrected chi connectivity index (χ2v) is 8.12. The predicted octanol–water partition coefficient (Wildman–Crippen LogP) is 2.85. The Morgan fingerprint density at radius 3 is 2.07 bits per heavy atom. The summed E-state index contributed by atoms with van der Waals surface area (Å²) < 4.78 is 0. The third kappa shape index (κ3) is 11.6. The average Bonchev–Trinajstić information content (AvgIpc) is 2.68. The molecule has 1 rings (SSSR count). The Bertz CT molecular complexity index is 505. The Labute approximate surface area is 194 Å². The smallest absolute Gasteiger partial charge is 0.222 e. The molecule has 0 aromatic rings. The van der Waals surface area contributed by atoms with Crippen molar-refractivity contribution in [3.05, 3.63) is 0 Å². The fourth-order valence-electron chi connectivity index (χ4n) is 3.16. The van der Waals surface area contributed by atoms with Gasteiger partial charge in [0, 0.05) is 58.7 Å². The zero-order valence-electron chi connectivity index (χ0n) is 19.0. The lowest BCUT2D eigenvalue weighted by molar-refractivity contribution is -0.140. The van der Waals surface area contributed by atoms with E-state index in [4.69, 9.17) is 0 Å². The molecule has 0 aliphatic carbocycles. The van der Waals surface area contributed by atoms with Gasteiger partial charge in [-0.05, 0) is 32.1 Å². The molecule has 1 aliphatic heterocycles. The number of hydrogen-bond acceptors (Lipinski definition) is 3. The largest absolute Gasteiger partial charge is 0.356 e. The topological polar surface area (TPSA) is 77.0 Å².